The second-order valence-electron chi connectivity index (χ2n) is 27.5. The molecule has 25 nitrogen and oxygen atoms in total. The highest BCUT2D eigenvalue weighted by Crippen LogP contribution is 2.76. The maximum absolute atomic E-state index is 14.1. The fraction of sp³-hybridized carbons (Fsp3) is 0.867. The number of aliphatic hydroxyl groups excluding tert-OH is 11. The zero-order chi connectivity index (χ0) is 63.2. The summed E-state index contributed by atoms with van der Waals surface area (Å²) in [6.45, 7) is 19.6. The largest absolute Gasteiger partial charge is 0.479 e. The number of ether oxygens (including phenoxy) is 9. The molecule has 0 radical (unpaired) electrons. The molecule has 0 aromatic heterocycles. The molecule has 4 saturated carbocycles. The van der Waals surface area contributed by atoms with Crippen LogP contribution in [0.1, 0.15) is 128 Å². The predicted octanol–water partition coefficient (Wildman–Crippen LogP) is 0.274. The highest BCUT2D eigenvalue weighted by Gasteiger charge is 2.76. The molecular weight excluding hydrogens is 1120 g/mol. The van der Waals surface area contributed by atoms with Crippen LogP contribution >= 0.6 is 0 Å². The zero-order valence-electron chi connectivity index (χ0n) is 50.8. The minimum absolute atomic E-state index is 0.185. The standard InChI is InChI=1S/C60H94O25/c1-13-25(3)49(74)77-27(5)51(76)84-46-47(85-50(75)26(4)14-2)60(24-63)29(21-55(46,6)7)28-15-16-33-57(10)19-18-34(56(8,9)32(57)17-20-58(33,11)59(28,12)44(70)45(60)71)80-54-43(83-53-39(68)37(66)35(64)30(22-61)78-53)41(40(69)42(82-54)48(72)73)81-52-38(67)36(65)31(23-62)79-52/h13,15,26-27,29-47,52-54,61-71H,14,16-24H2,1-12H3,(H,72,73)/b25-13-/t26?,27?,29?,30?,31-,32?,33?,34+,35+,36+,37+,38?,39?,40-,41+,42?,43?,44+,45-,46+,47+,52+,53+,54-,57+,58-,59+,60+/m1/s1. The third-order valence-corrected chi connectivity index (χ3v) is 22.3. The van der Waals surface area contributed by atoms with Crippen molar-refractivity contribution in [3.63, 3.8) is 0 Å². The Morgan fingerprint density at radius 1 is 0.694 bits per heavy atom. The number of fused-ring (bicyclic) bond motifs is 7. The summed E-state index contributed by atoms with van der Waals surface area (Å²) in [5.74, 6) is -5.76. The topological polar surface area (TPSA) is 394 Å². The third kappa shape index (κ3) is 11.0. The molecule has 10 unspecified atom stereocenters. The average Bonchev–Trinajstić information content (AvgIpc) is 0.906. The molecule has 25 heteroatoms. The summed E-state index contributed by atoms with van der Waals surface area (Å²) < 4.78 is 54.6. The molecule has 0 aromatic carbocycles. The van der Waals surface area contributed by atoms with Crippen LogP contribution in [0.15, 0.2) is 23.3 Å². The number of carboxylic acid groups (broad SMARTS) is 1. The van der Waals surface area contributed by atoms with E-state index in [9.17, 15) is 80.5 Å². The molecule has 28 atom stereocenters. The first-order valence-corrected chi connectivity index (χ1v) is 30.0. The Labute approximate surface area is 495 Å². The Kier molecular flexibility index (Phi) is 19.7. The summed E-state index contributed by atoms with van der Waals surface area (Å²) >= 11 is 0. The van der Waals surface area contributed by atoms with Gasteiger partial charge in [0.15, 0.2) is 37.2 Å². The van der Waals surface area contributed by atoms with Gasteiger partial charge in [0.25, 0.3) is 0 Å². The van der Waals surface area contributed by atoms with Gasteiger partial charge in [-0.2, -0.15) is 0 Å². The van der Waals surface area contributed by atoms with Crippen LogP contribution < -0.4 is 0 Å². The van der Waals surface area contributed by atoms with Gasteiger partial charge in [-0.1, -0.05) is 80.0 Å². The molecule has 0 spiro atoms. The van der Waals surface area contributed by atoms with Crippen LogP contribution in [0.3, 0.4) is 0 Å². The molecule has 484 valence electrons. The number of allylic oxidation sites excluding steroid dienone is 2. The molecule has 7 fully saturated rings. The third-order valence-electron chi connectivity index (χ3n) is 22.3. The minimum atomic E-state index is -2.14. The van der Waals surface area contributed by atoms with Gasteiger partial charge in [0.1, 0.15) is 67.1 Å². The molecule has 8 aliphatic rings. The molecule has 0 bridgehead atoms. The van der Waals surface area contributed by atoms with E-state index < -0.39 is 211 Å². The van der Waals surface area contributed by atoms with Gasteiger partial charge in [0.05, 0.1) is 49.5 Å². The van der Waals surface area contributed by atoms with E-state index in [-0.39, 0.29) is 23.8 Å². The Bertz CT molecular complexity index is 2500. The summed E-state index contributed by atoms with van der Waals surface area (Å²) in [7, 11) is 0. The Morgan fingerprint density at radius 3 is 1.84 bits per heavy atom. The number of carbonyl (C=O) groups is 4. The van der Waals surface area contributed by atoms with Gasteiger partial charge in [0.2, 0.25) is 0 Å². The van der Waals surface area contributed by atoms with E-state index in [4.69, 9.17) is 42.6 Å². The smallest absolute Gasteiger partial charge is 0.347 e. The van der Waals surface area contributed by atoms with Crippen LogP contribution in [0.25, 0.3) is 0 Å². The van der Waals surface area contributed by atoms with Gasteiger partial charge in [-0.3, -0.25) is 4.79 Å². The van der Waals surface area contributed by atoms with Crippen molar-refractivity contribution in [2.75, 3.05) is 19.8 Å². The number of hydrogen-bond acceptors (Lipinski definition) is 24. The van der Waals surface area contributed by atoms with Crippen molar-refractivity contribution < 1.29 is 123 Å². The van der Waals surface area contributed by atoms with Crippen LogP contribution in [0.2, 0.25) is 0 Å². The van der Waals surface area contributed by atoms with Crippen molar-refractivity contribution in [1.29, 1.82) is 0 Å². The molecule has 0 amide bonds. The summed E-state index contributed by atoms with van der Waals surface area (Å²) in [4.78, 5) is 53.7. The molecule has 12 N–H and O–H groups in total. The number of aliphatic hydroxyl groups is 11. The number of esters is 3. The van der Waals surface area contributed by atoms with Crippen LogP contribution in [0, 0.1) is 56.2 Å². The molecule has 3 aliphatic heterocycles. The van der Waals surface area contributed by atoms with E-state index in [1.807, 2.05) is 34.6 Å². The predicted molar refractivity (Wildman–Crippen MR) is 292 cm³/mol. The summed E-state index contributed by atoms with van der Waals surface area (Å²) in [5.41, 5.74) is -5.12. The van der Waals surface area contributed by atoms with Gasteiger partial charge < -0.3 is 104 Å². The highest BCUT2D eigenvalue weighted by molar-refractivity contribution is 5.90. The fourth-order valence-electron chi connectivity index (χ4n) is 16.6. The van der Waals surface area contributed by atoms with Crippen LogP contribution in [-0.2, 0) is 61.8 Å². The van der Waals surface area contributed by atoms with Gasteiger partial charge in [0, 0.05) is 16.4 Å². The fourth-order valence-corrected chi connectivity index (χ4v) is 16.6. The molecule has 85 heavy (non-hydrogen) atoms. The van der Waals surface area contributed by atoms with Crippen molar-refractivity contribution in [1.82, 2.24) is 0 Å². The van der Waals surface area contributed by atoms with E-state index in [0.29, 0.717) is 38.5 Å². The van der Waals surface area contributed by atoms with Gasteiger partial charge >= 0.3 is 23.9 Å². The van der Waals surface area contributed by atoms with Gasteiger partial charge in [-0.15, -0.1) is 0 Å². The maximum Gasteiger partial charge on any atom is 0.347 e. The lowest BCUT2D eigenvalue weighted by Gasteiger charge is -2.73. The van der Waals surface area contributed by atoms with E-state index >= 15 is 0 Å². The molecule has 3 saturated heterocycles. The summed E-state index contributed by atoms with van der Waals surface area (Å²) in [5, 5.41) is 134. The Balaban J connectivity index is 1.13. The lowest BCUT2D eigenvalue weighted by molar-refractivity contribution is -0.386. The first kappa shape index (κ1) is 67.6. The lowest BCUT2D eigenvalue weighted by atomic mass is 9.32. The second-order valence-corrected chi connectivity index (χ2v) is 27.5. The summed E-state index contributed by atoms with van der Waals surface area (Å²) in [6.07, 6.45) is -27.5. The van der Waals surface area contributed by atoms with E-state index in [1.54, 1.807) is 20.8 Å². The number of carbonyl (C=O) groups excluding carboxylic acids is 3. The van der Waals surface area contributed by atoms with Gasteiger partial charge in [-0.05, 0) is 99.7 Å². The molecular formula is C60H94O25. The first-order chi connectivity index (χ1) is 39.6. The van der Waals surface area contributed by atoms with Crippen LogP contribution in [0.5, 0.6) is 0 Å². The van der Waals surface area contributed by atoms with Crippen LogP contribution in [0.4, 0.5) is 0 Å². The highest BCUT2D eigenvalue weighted by atomic mass is 16.8. The minimum Gasteiger partial charge on any atom is -0.479 e. The van der Waals surface area contributed by atoms with Gasteiger partial charge in [-0.25, -0.2) is 14.4 Å². The normalized spacial score (nSPS) is 47.3. The quantitative estimate of drug-likeness (QED) is 0.0306. The SMILES string of the molecule is C/C=C(/C)C(=O)OC(C)C(=O)O[C@H]1[C@H](OC(=O)C(C)CC)[C@@]2(CO)C(CC1(C)C)C1=CCC3[C@@]4(C)CC[C@H](O[C@@H]5OC(C(=O)O)[C@H](O)[C@H](O[C@@H]6O[C@H](CO)[C@H](O)C6O)C5O[C@@H]5OC(CO)[C@H](O)[C@H](O)C5O)C(C)(C)C4CC[C@@]3(C)[C@]1(C)[C@@H](O)[C@H]2O. The zero-order valence-corrected chi connectivity index (χ0v) is 50.8. The number of carboxylic acids is 1. The van der Waals surface area contributed by atoms with Crippen molar-refractivity contribution in [3.8, 4) is 0 Å². The Morgan fingerprint density at radius 2 is 1.27 bits per heavy atom. The summed E-state index contributed by atoms with van der Waals surface area (Å²) in [6, 6.07) is 0. The Hall–Kier alpha value is -3.32. The number of aliphatic carboxylic acids is 1. The van der Waals surface area contributed by atoms with Crippen molar-refractivity contribution >= 4 is 23.9 Å². The number of rotatable bonds is 17. The molecule has 3 heterocycles. The van der Waals surface area contributed by atoms with Crippen molar-refractivity contribution in [3.05, 3.63) is 23.3 Å². The van der Waals surface area contributed by atoms with Crippen molar-refractivity contribution in [2.24, 2.45) is 56.2 Å². The molecule has 5 aliphatic carbocycles. The first-order valence-electron chi connectivity index (χ1n) is 30.0. The monoisotopic (exact) mass is 1210 g/mol. The number of hydrogen-bond donors (Lipinski definition) is 12. The van der Waals surface area contributed by atoms with E-state index in [2.05, 4.69) is 19.9 Å². The average molecular weight is 1220 g/mol. The van der Waals surface area contributed by atoms with Crippen molar-refractivity contribution in [2.45, 2.75) is 251 Å². The maximum atomic E-state index is 14.1. The molecule has 8 rings (SSSR count). The van der Waals surface area contributed by atoms with E-state index in [0.717, 1.165) is 5.57 Å². The van der Waals surface area contributed by atoms with E-state index in [1.165, 1.54) is 19.9 Å². The van der Waals surface area contributed by atoms with Crippen LogP contribution in [-0.4, -0.2) is 228 Å². The second kappa shape index (κ2) is 24.8. The molecule has 0 aromatic rings. The lowest BCUT2D eigenvalue weighted by Crippen LogP contribution is -2.76.